The van der Waals surface area contributed by atoms with Gasteiger partial charge in [0.2, 0.25) is 0 Å². The summed E-state index contributed by atoms with van der Waals surface area (Å²) in [6.45, 7) is 4.92. The number of hydrogen-bond donors (Lipinski definition) is 0. The lowest BCUT2D eigenvalue weighted by Gasteiger charge is -2.04. The molecule has 142 valence electrons. The van der Waals surface area contributed by atoms with Crippen molar-refractivity contribution >= 4 is 5.97 Å². The number of carbonyl (C=O) groups excluding carboxylic acids is 1. The van der Waals surface area contributed by atoms with Crippen molar-refractivity contribution in [3.05, 3.63) is 12.2 Å². The minimum atomic E-state index is -0.0250. The van der Waals surface area contributed by atoms with Gasteiger partial charge < -0.3 is 4.74 Å². The summed E-state index contributed by atoms with van der Waals surface area (Å²) in [5.41, 5.74) is 0. The number of allylic oxidation sites excluding steroid dienone is 1. The smallest absolute Gasteiger partial charge is 0.305 e. The van der Waals surface area contributed by atoms with E-state index in [1.54, 1.807) is 0 Å². The minimum Gasteiger partial charge on any atom is -0.465 e. The van der Waals surface area contributed by atoms with Crippen molar-refractivity contribution in [3.8, 4) is 0 Å². The summed E-state index contributed by atoms with van der Waals surface area (Å²) in [5.74, 6) is -0.0250. The molecule has 0 aliphatic heterocycles. The molecule has 0 spiro atoms. The molecule has 0 aliphatic rings. The Hall–Kier alpha value is -0.790. The highest BCUT2D eigenvalue weighted by Gasteiger charge is 2.01. The van der Waals surface area contributed by atoms with Crippen LogP contribution in [0.4, 0.5) is 0 Å². The molecule has 0 heterocycles. The average molecular weight is 339 g/mol. The number of esters is 1. The maximum absolute atomic E-state index is 11.5. The quantitative estimate of drug-likeness (QED) is 0.148. The van der Waals surface area contributed by atoms with Crippen molar-refractivity contribution in [2.45, 2.75) is 117 Å². The fraction of sp³-hybridized carbons (Fsp3) is 0.864. The molecule has 0 atom stereocenters. The lowest BCUT2D eigenvalue weighted by atomic mass is 10.0. The third-order valence-corrected chi connectivity index (χ3v) is 4.43. The second kappa shape index (κ2) is 20.3. The van der Waals surface area contributed by atoms with Gasteiger partial charge in [0.15, 0.2) is 0 Å². The van der Waals surface area contributed by atoms with Gasteiger partial charge in [0.25, 0.3) is 0 Å². The molecule has 0 aromatic carbocycles. The Kier molecular flexibility index (Phi) is 19.6. The van der Waals surface area contributed by atoms with Crippen LogP contribution < -0.4 is 0 Å². The molecule has 0 amide bonds. The molecule has 0 rings (SSSR count). The number of unbranched alkanes of at least 4 members (excludes halogenated alkanes) is 12. The van der Waals surface area contributed by atoms with Gasteiger partial charge in [0.05, 0.1) is 6.61 Å². The second-order valence-corrected chi connectivity index (χ2v) is 6.88. The zero-order valence-electron chi connectivity index (χ0n) is 16.5. The van der Waals surface area contributed by atoms with Gasteiger partial charge in [-0.1, -0.05) is 103 Å². The normalized spacial score (nSPS) is 11.2. The lowest BCUT2D eigenvalue weighted by Crippen LogP contribution is -2.04. The van der Waals surface area contributed by atoms with E-state index in [2.05, 4.69) is 26.0 Å². The van der Waals surface area contributed by atoms with E-state index in [0.29, 0.717) is 13.0 Å². The van der Waals surface area contributed by atoms with E-state index in [4.69, 9.17) is 4.74 Å². The molecule has 0 saturated carbocycles. The fourth-order valence-electron chi connectivity index (χ4n) is 2.88. The van der Waals surface area contributed by atoms with Crippen LogP contribution >= 0.6 is 0 Å². The van der Waals surface area contributed by atoms with E-state index in [-0.39, 0.29) is 5.97 Å². The number of ether oxygens (including phenoxy) is 1. The minimum absolute atomic E-state index is 0.0250. The topological polar surface area (TPSA) is 26.3 Å². The summed E-state index contributed by atoms with van der Waals surface area (Å²) < 4.78 is 5.21. The van der Waals surface area contributed by atoms with Crippen LogP contribution in [0.3, 0.4) is 0 Å². The highest BCUT2D eigenvalue weighted by atomic mass is 16.5. The molecule has 0 aromatic rings. The van der Waals surface area contributed by atoms with Crippen molar-refractivity contribution in [3.63, 3.8) is 0 Å². The molecule has 0 unspecified atom stereocenters. The standard InChI is InChI=1S/C22H42O2/c1-3-5-7-9-10-11-12-13-14-15-16-17-18-20-22(23)24-21-19-8-6-4-2/h6,8H,3-5,7,9-21H2,1-2H3. The van der Waals surface area contributed by atoms with Crippen molar-refractivity contribution < 1.29 is 9.53 Å². The van der Waals surface area contributed by atoms with Crippen molar-refractivity contribution in [1.82, 2.24) is 0 Å². The Balaban J connectivity index is 3.13. The van der Waals surface area contributed by atoms with Crippen molar-refractivity contribution in [2.24, 2.45) is 0 Å². The van der Waals surface area contributed by atoms with Crippen LogP contribution in [0, 0.1) is 0 Å². The Morgan fingerprint density at radius 2 is 1.21 bits per heavy atom. The lowest BCUT2D eigenvalue weighted by molar-refractivity contribution is -0.143. The largest absolute Gasteiger partial charge is 0.465 e. The molecule has 0 bridgehead atoms. The van der Waals surface area contributed by atoms with Crippen molar-refractivity contribution in [2.75, 3.05) is 6.61 Å². The highest BCUT2D eigenvalue weighted by Crippen LogP contribution is 2.13. The van der Waals surface area contributed by atoms with Gasteiger partial charge in [-0.15, -0.1) is 0 Å². The van der Waals surface area contributed by atoms with Crippen molar-refractivity contribution in [1.29, 1.82) is 0 Å². The first kappa shape index (κ1) is 23.2. The summed E-state index contributed by atoms with van der Waals surface area (Å²) in [4.78, 5) is 11.5. The van der Waals surface area contributed by atoms with E-state index in [9.17, 15) is 4.79 Å². The van der Waals surface area contributed by atoms with Crippen LogP contribution in [-0.2, 0) is 9.53 Å². The van der Waals surface area contributed by atoms with Crippen LogP contribution in [0.2, 0.25) is 0 Å². The van der Waals surface area contributed by atoms with E-state index in [0.717, 1.165) is 19.3 Å². The predicted octanol–water partition coefficient (Wildman–Crippen LogP) is 7.37. The van der Waals surface area contributed by atoms with E-state index in [1.165, 1.54) is 77.0 Å². The zero-order chi connectivity index (χ0) is 17.7. The maximum Gasteiger partial charge on any atom is 0.305 e. The first-order valence-corrected chi connectivity index (χ1v) is 10.6. The van der Waals surface area contributed by atoms with Gasteiger partial charge in [-0.25, -0.2) is 0 Å². The predicted molar refractivity (Wildman–Crippen MR) is 105 cm³/mol. The monoisotopic (exact) mass is 338 g/mol. The summed E-state index contributed by atoms with van der Waals surface area (Å²) >= 11 is 0. The van der Waals surface area contributed by atoms with Crippen LogP contribution in [0.5, 0.6) is 0 Å². The van der Waals surface area contributed by atoms with Gasteiger partial charge in [0, 0.05) is 6.42 Å². The van der Waals surface area contributed by atoms with Crippen LogP contribution in [-0.4, -0.2) is 12.6 Å². The molecule has 2 nitrogen and oxygen atoms in total. The van der Waals surface area contributed by atoms with E-state index < -0.39 is 0 Å². The average Bonchev–Trinajstić information content (AvgIpc) is 2.59. The molecular formula is C22H42O2. The highest BCUT2D eigenvalue weighted by molar-refractivity contribution is 5.69. The Morgan fingerprint density at radius 1 is 0.708 bits per heavy atom. The third kappa shape index (κ3) is 19.3. The fourth-order valence-corrected chi connectivity index (χ4v) is 2.88. The Morgan fingerprint density at radius 3 is 1.71 bits per heavy atom. The summed E-state index contributed by atoms with van der Waals surface area (Å²) in [6, 6.07) is 0. The van der Waals surface area contributed by atoms with Crippen LogP contribution in [0.15, 0.2) is 12.2 Å². The molecule has 0 saturated heterocycles. The maximum atomic E-state index is 11.5. The molecule has 0 N–H and O–H groups in total. The molecular weight excluding hydrogens is 296 g/mol. The van der Waals surface area contributed by atoms with Gasteiger partial charge in [-0.3, -0.25) is 4.79 Å². The third-order valence-electron chi connectivity index (χ3n) is 4.43. The summed E-state index contributed by atoms with van der Waals surface area (Å²) in [7, 11) is 0. The molecule has 0 radical (unpaired) electrons. The number of hydrogen-bond acceptors (Lipinski definition) is 2. The Labute approximate surface area is 151 Å². The molecule has 24 heavy (non-hydrogen) atoms. The van der Waals surface area contributed by atoms with Crippen LogP contribution in [0.1, 0.15) is 117 Å². The van der Waals surface area contributed by atoms with E-state index in [1.807, 2.05) is 0 Å². The molecule has 2 heteroatoms. The van der Waals surface area contributed by atoms with Gasteiger partial charge in [-0.2, -0.15) is 0 Å². The first-order chi connectivity index (χ1) is 11.8. The molecule has 0 fully saturated rings. The van der Waals surface area contributed by atoms with Gasteiger partial charge in [0.1, 0.15) is 0 Å². The number of carbonyl (C=O) groups is 1. The van der Waals surface area contributed by atoms with E-state index >= 15 is 0 Å². The SMILES string of the molecule is CCC=CCCOC(=O)CCCCCCCCCCCCCCC. The van der Waals surface area contributed by atoms with Gasteiger partial charge >= 0.3 is 5.97 Å². The van der Waals surface area contributed by atoms with Gasteiger partial charge in [-0.05, 0) is 19.3 Å². The Bertz CT molecular complexity index is 284. The molecule has 0 aliphatic carbocycles. The summed E-state index contributed by atoms with van der Waals surface area (Å²) in [6.07, 6.45) is 24.0. The first-order valence-electron chi connectivity index (χ1n) is 10.6. The van der Waals surface area contributed by atoms with Crippen LogP contribution in [0.25, 0.3) is 0 Å². The number of rotatable bonds is 18. The molecule has 0 aromatic heterocycles. The summed E-state index contributed by atoms with van der Waals surface area (Å²) in [5, 5.41) is 0. The zero-order valence-corrected chi connectivity index (χ0v) is 16.5. The second-order valence-electron chi connectivity index (χ2n) is 6.88.